The van der Waals surface area contributed by atoms with Gasteiger partial charge >= 0.3 is 5.97 Å². The van der Waals surface area contributed by atoms with Gasteiger partial charge in [-0.3, -0.25) is 14.6 Å². The number of carbonyl (C=O) groups is 2. The smallest absolute Gasteiger partial charge is 0.319 e. The van der Waals surface area contributed by atoms with E-state index in [9.17, 15) is 14.7 Å². The molecule has 7 nitrogen and oxygen atoms in total. The summed E-state index contributed by atoms with van der Waals surface area (Å²) in [5.74, 6) is -1.32. The lowest BCUT2D eigenvalue weighted by Gasteiger charge is -2.28. The predicted octanol–water partition coefficient (Wildman–Crippen LogP) is 2.02. The van der Waals surface area contributed by atoms with E-state index in [1.807, 2.05) is 6.08 Å². The Bertz CT molecular complexity index is 754. The summed E-state index contributed by atoms with van der Waals surface area (Å²) >= 11 is 0. The zero-order chi connectivity index (χ0) is 16.3. The van der Waals surface area contributed by atoms with Crippen molar-refractivity contribution >= 4 is 17.7 Å². The summed E-state index contributed by atoms with van der Waals surface area (Å²) in [4.78, 5) is 28.0. The molecule has 2 heterocycles. The van der Waals surface area contributed by atoms with Gasteiger partial charge in [0.2, 0.25) is 5.91 Å². The van der Waals surface area contributed by atoms with Crippen LogP contribution in [0.15, 0.2) is 48.9 Å². The second-order valence-corrected chi connectivity index (χ2v) is 5.41. The summed E-state index contributed by atoms with van der Waals surface area (Å²) in [5, 5.41) is 16.4. The van der Waals surface area contributed by atoms with Gasteiger partial charge in [0.05, 0.1) is 5.69 Å². The number of carboxylic acid groups (broad SMARTS) is 1. The third-order valence-electron chi connectivity index (χ3n) is 3.97. The Morgan fingerprint density at radius 2 is 2.00 bits per heavy atom. The number of allylic oxidation sites excluding steroid dienone is 2. The van der Waals surface area contributed by atoms with Crippen molar-refractivity contribution in [1.29, 1.82) is 0 Å². The van der Waals surface area contributed by atoms with Crippen LogP contribution in [-0.2, 0) is 9.59 Å². The van der Waals surface area contributed by atoms with Gasteiger partial charge < -0.3 is 10.4 Å². The number of nitrogens with zero attached hydrogens (tertiary/aromatic N) is 3. The Morgan fingerprint density at radius 1 is 1.22 bits per heavy atom. The van der Waals surface area contributed by atoms with Gasteiger partial charge in [-0.2, -0.15) is 5.10 Å². The predicted molar refractivity (Wildman–Crippen MR) is 83.0 cm³/mol. The average molecular weight is 312 g/mol. The molecule has 1 atom stereocenters. The molecule has 0 fully saturated rings. The fraction of sp³-hybridized carbons (Fsp3) is 0.250. The molecule has 0 aliphatic heterocycles. The summed E-state index contributed by atoms with van der Waals surface area (Å²) in [6.45, 7) is 0. The summed E-state index contributed by atoms with van der Waals surface area (Å²) < 4.78 is 1.59. The van der Waals surface area contributed by atoms with Crippen molar-refractivity contribution in [3.05, 3.63) is 48.9 Å². The molecule has 0 radical (unpaired) electrons. The summed E-state index contributed by atoms with van der Waals surface area (Å²) in [5.41, 5.74) is -0.621. The fourth-order valence-electron chi connectivity index (χ4n) is 2.60. The van der Waals surface area contributed by atoms with Crippen molar-refractivity contribution < 1.29 is 14.7 Å². The molecule has 2 aromatic heterocycles. The van der Waals surface area contributed by atoms with Crippen LogP contribution in [0.3, 0.4) is 0 Å². The van der Waals surface area contributed by atoms with E-state index >= 15 is 0 Å². The highest BCUT2D eigenvalue weighted by atomic mass is 16.4. The van der Waals surface area contributed by atoms with Crippen LogP contribution in [0.5, 0.6) is 0 Å². The fourth-order valence-corrected chi connectivity index (χ4v) is 2.60. The van der Waals surface area contributed by atoms with E-state index in [0.29, 0.717) is 12.2 Å². The first-order chi connectivity index (χ1) is 11.1. The highest BCUT2D eigenvalue weighted by Crippen LogP contribution is 2.34. The molecule has 23 heavy (non-hydrogen) atoms. The van der Waals surface area contributed by atoms with Crippen LogP contribution in [0, 0.1) is 5.41 Å². The van der Waals surface area contributed by atoms with Gasteiger partial charge in [0.1, 0.15) is 0 Å². The van der Waals surface area contributed by atoms with E-state index in [1.54, 1.807) is 47.5 Å². The van der Waals surface area contributed by atoms with E-state index in [2.05, 4.69) is 15.4 Å². The Labute approximate surface area is 132 Å². The SMILES string of the molecule is O=C(O)C1(C(=O)Nc2ccn(-c3ccncc3)n2)CC=CCC1. The number of aliphatic carboxylic acids is 1. The van der Waals surface area contributed by atoms with Crippen molar-refractivity contribution in [1.82, 2.24) is 14.8 Å². The third kappa shape index (κ3) is 2.85. The van der Waals surface area contributed by atoms with Gasteiger partial charge in [0, 0.05) is 24.7 Å². The molecular formula is C16H16N4O3. The number of pyridine rings is 1. The minimum Gasteiger partial charge on any atom is -0.480 e. The highest BCUT2D eigenvalue weighted by molar-refractivity contribution is 6.08. The summed E-state index contributed by atoms with van der Waals surface area (Å²) in [6, 6.07) is 5.19. The van der Waals surface area contributed by atoms with Crippen LogP contribution in [0.4, 0.5) is 5.82 Å². The van der Waals surface area contributed by atoms with Crippen molar-refractivity contribution in [3.8, 4) is 5.69 Å². The molecule has 1 unspecified atom stereocenters. The second kappa shape index (κ2) is 6.04. The minimum atomic E-state index is -1.42. The summed E-state index contributed by atoms with van der Waals surface area (Å²) in [7, 11) is 0. The number of hydrogen-bond acceptors (Lipinski definition) is 4. The Kier molecular flexibility index (Phi) is 3.92. The van der Waals surface area contributed by atoms with Crippen molar-refractivity contribution in [2.24, 2.45) is 5.41 Å². The molecule has 1 aliphatic rings. The van der Waals surface area contributed by atoms with Gasteiger partial charge in [-0.1, -0.05) is 12.2 Å². The maximum atomic E-state index is 12.5. The number of amides is 1. The van der Waals surface area contributed by atoms with E-state index < -0.39 is 17.3 Å². The molecule has 2 N–H and O–H groups in total. The molecule has 7 heteroatoms. The number of carboxylic acids is 1. The number of rotatable bonds is 4. The van der Waals surface area contributed by atoms with E-state index in [1.165, 1.54) is 0 Å². The normalized spacial score (nSPS) is 20.2. The molecule has 0 spiro atoms. The van der Waals surface area contributed by atoms with E-state index in [4.69, 9.17) is 0 Å². The van der Waals surface area contributed by atoms with Crippen LogP contribution < -0.4 is 5.32 Å². The van der Waals surface area contributed by atoms with E-state index in [0.717, 1.165) is 5.69 Å². The largest absolute Gasteiger partial charge is 0.480 e. The molecule has 1 aliphatic carbocycles. The first-order valence-electron chi connectivity index (χ1n) is 7.28. The van der Waals surface area contributed by atoms with Crippen LogP contribution in [0.1, 0.15) is 19.3 Å². The van der Waals surface area contributed by atoms with Gasteiger partial charge in [-0.25, -0.2) is 4.68 Å². The highest BCUT2D eigenvalue weighted by Gasteiger charge is 2.45. The standard InChI is InChI=1S/C16H16N4O3/c21-14(16(15(22)23)7-2-1-3-8-16)18-13-6-11-20(19-13)12-4-9-17-10-5-12/h1-2,4-6,9-11H,3,7-8H2,(H,22,23)(H,18,19,21). The lowest BCUT2D eigenvalue weighted by Crippen LogP contribution is -2.43. The van der Waals surface area contributed by atoms with Crippen molar-refractivity contribution in [2.45, 2.75) is 19.3 Å². The van der Waals surface area contributed by atoms with Crippen LogP contribution in [-0.4, -0.2) is 31.7 Å². The van der Waals surface area contributed by atoms with Gasteiger partial charge in [-0.15, -0.1) is 0 Å². The third-order valence-corrected chi connectivity index (χ3v) is 3.97. The first kappa shape index (κ1) is 15.0. The summed E-state index contributed by atoms with van der Waals surface area (Å²) in [6.07, 6.45) is 9.67. The molecule has 118 valence electrons. The molecule has 0 bridgehead atoms. The Hall–Kier alpha value is -2.96. The molecule has 2 aromatic rings. The lowest BCUT2D eigenvalue weighted by atomic mass is 9.76. The Balaban J connectivity index is 1.79. The van der Waals surface area contributed by atoms with E-state index in [-0.39, 0.29) is 12.8 Å². The van der Waals surface area contributed by atoms with Gasteiger partial charge in [0.15, 0.2) is 11.2 Å². The first-order valence-corrected chi connectivity index (χ1v) is 7.28. The number of aromatic nitrogens is 3. The second-order valence-electron chi connectivity index (χ2n) is 5.41. The van der Waals surface area contributed by atoms with Crippen LogP contribution >= 0.6 is 0 Å². The Morgan fingerprint density at radius 3 is 2.65 bits per heavy atom. The molecule has 1 amide bonds. The molecular weight excluding hydrogens is 296 g/mol. The van der Waals surface area contributed by atoms with Crippen molar-refractivity contribution in [2.75, 3.05) is 5.32 Å². The van der Waals surface area contributed by atoms with Crippen LogP contribution in [0.25, 0.3) is 5.69 Å². The zero-order valence-corrected chi connectivity index (χ0v) is 12.3. The number of hydrogen-bond donors (Lipinski definition) is 2. The molecule has 0 aromatic carbocycles. The van der Waals surface area contributed by atoms with Gasteiger partial charge in [0.25, 0.3) is 0 Å². The molecule has 3 rings (SSSR count). The zero-order valence-electron chi connectivity index (χ0n) is 12.3. The number of nitrogens with one attached hydrogen (secondary N) is 1. The van der Waals surface area contributed by atoms with Crippen LogP contribution in [0.2, 0.25) is 0 Å². The molecule has 0 saturated carbocycles. The monoisotopic (exact) mass is 312 g/mol. The topological polar surface area (TPSA) is 97.1 Å². The number of carbonyl (C=O) groups excluding carboxylic acids is 1. The lowest BCUT2D eigenvalue weighted by molar-refractivity contribution is -0.154. The maximum Gasteiger partial charge on any atom is 0.319 e. The minimum absolute atomic E-state index is 0.194. The van der Waals surface area contributed by atoms with Crippen molar-refractivity contribution in [3.63, 3.8) is 0 Å². The van der Waals surface area contributed by atoms with Gasteiger partial charge in [-0.05, 0) is 31.4 Å². The molecule has 0 saturated heterocycles. The quantitative estimate of drug-likeness (QED) is 0.665. The number of anilines is 1. The maximum absolute atomic E-state index is 12.5. The average Bonchev–Trinajstić information content (AvgIpc) is 3.04.